The Labute approximate surface area is 118 Å². The van der Waals surface area contributed by atoms with Gasteiger partial charge in [0, 0.05) is 12.7 Å². The molecule has 1 aromatic heterocycles. The fourth-order valence-corrected chi connectivity index (χ4v) is 2.13. The van der Waals surface area contributed by atoms with Crippen LogP contribution in [0.2, 0.25) is 0 Å². The third kappa shape index (κ3) is 8.73. The number of rotatable bonds is 11. The molecule has 0 radical (unpaired) electrons. The van der Waals surface area contributed by atoms with Crippen molar-refractivity contribution in [3.63, 3.8) is 0 Å². The molecular formula is C16H29N3. The first-order valence-electron chi connectivity index (χ1n) is 7.62. The minimum atomic E-state index is 0.957. The highest BCUT2D eigenvalue weighted by atomic mass is 15.1. The Kier molecular flexibility index (Phi) is 9.29. The van der Waals surface area contributed by atoms with Gasteiger partial charge in [0.2, 0.25) is 0 Å². The van der Waals surface area contributed by atoms with Gasteiger partial charge in [-0.1, -0.05) is 25.8 Å². The predicted octanol–water partition coefficient (Wildman–Crippen LogP) is 3.07. The molecule has 0 fully saturated rings. The van der Waals surface area contributed by atoms with Gasteiger partial charge < -0.3 is 10.2 Å². The number of hydrogen-bond acceptors (Lipinski definition) is 3. The Hall–Kier alpha value is -0.930. The van der Waals surface area contributed by atoms with Gasteiger partial charge in [-0.25, -0.2) is 0 Å². The maximum Gasteiger partial charge on any atom is 0.0543 e. The van der Waals surface area contributed by atoms with E-state index >= 15 is 0 Å². The van der Waals surface area contributed by atoms with Crippen LogP contribution in [0.3, 0.4) is 0 Å². The first-order chi connectivity index (χ1) is 9.33. The molecule has 0 saturated carbocycles. The molecule has 1 rings (SSSR count). The van der Waals surface area contributed by atoms with Gasteiger partial charge in [-0.05, 0) is 58.1 Å². The van der Waals surface area contributed by atoms with Crippen LogP contribution in [-0.4, -0.2) is 36.6 Å². The lowest BCUT2D eigenvalue weighted by molar-refractivity contribution is 0.313. The lowest BCUT2D eigenvalue weighted by atomic mass is 10.2. The van der Waals surface area contributed by atoms with E-state index in [0.29, 0.717) is 0 Å². The molecule has 0 aliphatic carbocycles. The molecular weight excluding hydrogens is 234 g/mol. The van der Waals surface area contributed by atoms with Crippen molar-refractivity contribution in [2.24, 2.45) is 0 Å². The fourth-order valence-electron chi connectivity index (χ4n) is 2.13. The van der Waals surface area contributed by atoms with E-state index in [-0.39, 0.29) is 0 Å². The van der Waals surface area contributed by atoms with Crippen molar-refractivity contribution in [1.82, 2.24) is 15.2 Å². The van der Waals surface area contributed by atoms with E-state index < -0.39 is 0 Å². The Bertz CT molecular complexity index is 300. The molecule has 0 unspecified atom stereocenters. The van der Waals surface area contributed by atoms with Crippen molar-refractivity contribution >= 4 is 0 Å². The van der Waals surface area contributed by atoms with E-state index in [1.807, 2.05) is 12.3 Å². The fraction of sp³-hybridized carbons (Fsp3) is 0.688. The van der Waals surface area contributed by atoms with Gasteiger partial charge in [-0.15, -0.1) is 0 Å². The standard InChI is InChI=1S/C16H29N3/c1-3-11-17-12-7-4-5-9-14-19(2)15-16-10-6-8-13-18-16/h6,8,10,13,17H,3-5,7,9,11-12,14-15H2,1-2H3. The van der Waals surface area contributed by atoms with Crippen LogP contribution in [0.5, 0.6) is 0 Å². The summed E-state index contributed by atoms with van der Waals surface area (Å²) in [6.45, 7) is 6.67. The van der Waals surface area contributed by atoms with Gasteiger partial charge in [0.1, 0.15) is 0 Å². The summed E-state index contributed by atoms with van der Waals surface area (Å²) in [4.78, 5) is 6.71. The van der Waals surface area contributed by atoms with Crippen LogP contribution in [0, 0.1) is 0 Å². The van der Waals surface area contributed by atoms with Crippen LogP contribution in [0.1, 0.15) is 44.7 Å². The van der Waals surface area contributed by atoms with E-state index in [9.17, 15) is 0 Å². The minimum absolute atomic E-state index is 0.957. The van der Waals surface area contributed by atoms with Crippen LogP contribution < -0.4 is 5.32 Å². The summed E-state index contributed by atoms with van der Waals surface area (Å²) < 4.78 is 0. The highest BCUT2D eigenvalue weighted by Crippen LogP contribution is 2.03. The van der Waals surface area contributed by atoms with Gasteiger partial charge in [0.25, 0.3) is 0 Å². The molecule has 108 valence electrons. The third-order valence-electron chi connectivity index (χ3n) is 3.23. The molecule has 3 heteroatoms. The first-order valence-corrected chi connectivity index (χ1v) is 7.62. The van der Waals surface area contributed by atoms with E-state index in [2.05, 4.69) is 41.3 Å². The average Bonchev–Trinajstić information content (AvgIpc) is 2.43. The number of unbranched alkanes of at least 4 members (excludes halogenated alkanes) is 3. The monoisotopic (exact) mass is 263 g/mol. The van der Waals surface area contributed by atoms with Crippen molar-refractivity contribution in [3.05, 3.63) is 30.1 Å². The number of pyridine rings is 1. The zero-order chi connectivity index (χ0) is 13.8. The molecule has 0 bridgehead atoms. The number of nitrogens with one attached hydrogen (secondary N) is 1. The van der Waals surface area contributed by atoms with Crippen LogP contribution in [0.4, 0.5) is 0 Å². The summed E-state index contributed by atoms with van der Waals surface area (Å²) in [7, 11) is 2.18. The quantitative estimate of drug-likeness (QED) is 0.622. The van der Waals surface area contributed by atoms with Crippen LogP contribution in [0.15, 0.2) is 24.4 Å². The lowest BCUT2D eigenvalue weighted by Crippen LogP contribution is -2.20. The summed E-state index contributed by atoms with van der Waals surface area (Å²) in [5.41, 5.74) is 1.16. The smallest absolute Gasteiger partial charge is 0.0543 e. The average molecular weight is 263 g/mol. The summed E-state index contributed by atoms with van der Waals surface area (Å²) in [6, 6.07) is 6.12. The molecule has 0 aromatic carbocycles. The normalized spacial score (nSPS) is 11.1. The molecule has 3 nitrogen and oxygen atoms in total. The Morgan fingerprint density at radius 2 is 1.95 bits per heavy atom. The molecule has 0 aliphatic heterocycles. The zero-order valence-corrected chi connectivity index (χ0v) is 12.6. The molecule has 0 spiro atoms. The molecule has 0 saturated heterocycles. The zero-order valence-electron chi connectivity index (χ0n) is 12.6. The highest BCUT2D eigenvalue weighted by molar-refractivity contribution is 5.02. The second-order valence-corrected chi connectivity index (χ2v) is 5.22. The summed E-state index contributed by atoms with van der Waals surface area (Å²) in [6.07, 6.45) is 8.38. The topological polar surface area (TPSA) is 28.2 Å². The van der Waals surface area contributed by atoms with Gasteiger partial charge in [0.15, 0.2) is 0 Å². The van der Waals surface area contributed by atoms with Gasteiger partial charge in [0.05, 0.1) is 5.69 Å². The van der Waals surface area contributed by atoms with Crippen LogP contribution in [-0.2, 0) is 6.54 Å². The first kappa shape index (κ1) is 16.1. The minimum Gasteiger partial charge on any atom is -0.317 e. The van der Waals surface area contributed by atoms with Crippen molar-refractivity contribution < 1.29 is 0 Å². The molecule has 1 aromatic rings. The Balaban J connectivity index is 1.94. The lowest BCUT2D eigenvalue weighted by Gasteiger charge is -2.15. The Morgan fingerprint density at radius 3 is 2.68 bits per heavy atom. The molecule has 0 atom stereocenters. The van der Waals surface area contributed by atoms with E-state index in [4.69, 9.17) is 0 Å². The number of hydrogen-bond donors (Lipinski definition) is 1. The SMILES string of the molecule is CCCNCCCCCCN(C)Cc1ccccn1. The maximum atomic E-state index is 4.35. The number of nitrogens with zero attached hydrogens (tertiary/aromatic N) is 2. The second-order valence-electron chi connectivity index (χ2n) is 5.22. The van der Waals surface area contributed by atoms with Crippen molar-refractivity contribution in [2.45, 2.75) is 45.6 Å². The van der Waals surface area contributed by atoms with Crippen molar-refractivity contribution in [1.29, 1.82) is 0 Å². The molecule has 0 aliphatic rings. The van der Waals surface area contributed by atoms with E-state index in [1.54, 1.807) is 0 Å². The predicted molar refractivity (Wildman–Crippen MR) is 82.2 cm³/mol. The molecule has 0 amide bonds. The van der Waals surface area contributed by atoms with Gasteiger partial charge in [-0.3, -0.25) is 4.98 Å². The molecule has 19 heavy (non-hydrogen) atoms. The summed E-state index contributed by atoms with van der Waals surface area (Å²) in [5, 5.41) is 3.45. The largest absolute Gasteiger partial charge is 0.317 e. The van der Waals surface area contributed by atoms with Crippen LogP contribution in [0.25, 0.3) is 0 Å². The van der Waals surface area contributed by atoms with E-state index in [0.717, 1.165) is 18.8 Å². The second kappa shape index (κ2) is 10.9. The molecule has 1 N–H and O–H groups in total. The van der Waals surface area contributed by atoms with Crippen molar-refractivity contribution in [2.75, 3.05) is 26.7 Å². The highest BCUT2D eigenvalue weighted by Gasteiger charge is 2.00. The number of aromatic nitrogens is 1. The van der Waals surface area contributed by atoms with Crippen LogP contribution >= 0.6 is 0 Å². The summed E-state index contributed by atoms with van der Waals surface area (Å²) >= 11 is 0. The van der Waals surface area contributed by atoms with Gasteiger partial charge in [-0.2, -0.15) is 0 Å². The third-order valence-corrected chi connectivity index (χ3v) is 3.23. The maximum absolute atomic E-state index is 4.35. The van der Waals surface area contributed by atoms with E-state index in [1.165, 1.54) is 45.2 Å². The van der Waals surface area contributed by atoms with Crippen molar-refractivity contribution in [3.8, 4) is 0 Å². The Morgan fingerprint density at radius 1 is 1.11 bits per heavy atom. The summed E-state index contributed by atoms with van der Waals surface area (Å²) in [5.74, 6) is 0. The van der Waals surface area contributed by atoms with Gasteiger partial charge >= 0.3 is 0 Å². The molecule has 1 heterocycles.